The lowest BCUT2D eigenvalue weighted by Crippen LogP contribution is -2.46. The molecule has 0 spiro atoms. The third kappa shape index (κ3) is 30.0. The Hall–Kier alpha value is -0.160. The number of hydrogen-bond acceptors (Lipinski definition) is 4. The molecule has 0 N–H and O–H groups in total. The summed E-state index contributed by atoms with van der Waals surface area (Å²) in [7, 11) is 0. The zero-order valence-corrected chi connectivity index (χ0v) is 42.7. The molecule has 0 fully saturated rings. The molecule has 58 heavy (non-hydrogen) atoms. The SMILES string of the molecule is CCCCC(CC)CN(CCN(CCN(CC(CC)CCCC)CC(CC)CCCC)CC(CC)CCCC)CCN(CC(CC)CCCC)CC(CC)CCCC. The van der Waals surface area contributed by atoms with E-state index in [1.54, 1.807) is 0 Å². The van der Waals surface area contributed by atoms with E-state index in [0.717, 1.165) is 35.5 Å². The minimum Gasteiger partial charge on any atom is -0.302 e. The lowest BCUT2D eigenvalue weighted by molar-refractivity contribution is 0.114. The van der Waals surface area contributed by atoms with E-state index in [2.05, 4.69) is 103 Å². The number of unbranched alkanes of at least 4 members (excludes halogenated alkanes) is 6. The van der Waals surface area contributed by atoms with Crippen molar-refractivity contribution in [1.29, 1.82) is 0 Å². The summed E-state index contributed by atoms with van der Waals surface area (Å²) >= 11 is 0. The van der Waals surface area contributed by atoms with Gasteiger partial charge in [0.1, 0.15) is 0 Å². The average molecular weight is 820 g/mol. The molecular formula is C54H114N4. The van der Waals surface area contributed by atoms with Crippen LogP contribution in [0.5, 0.6) is 0 Å². The Kier molecular flexibility index (Phi) is 40.8. The van der Waals surface area contributed by atoms with Gasteiger partial charge in [0.05, 0.1) is 0 Å². The van der Waals surface area contributed by atoms with Crippen LogP contribution < -0.4 is 0 Å². The van der Waals surface area contributed by atoms with Crippen molar-refractivity contribution in [1.82, 2.24) is 19.6 Å². The van der Waals surface area contributed by atoms with Crippen molar-refractivity contribution in [3.8, 4) is 0 Å². The topological polar surface area (TPSA) is 13.0 Å². The van der Waals surface area contributed by atoms with E-state index in [0.29, 0.717) is 0 Å². The molecular weight excluding hydrogens is 705 g/mol. The second-order valence-corrected chi connectivity index (χ2v) is 19.6. The Bertz CT molecular complexity index is 717. The Morgan fingerprint density at radius 3 is 0.534 bits per heavy atom. The lowest BCUT2D eigenvalue weighted by atomic mass is 9.95. The summed E-state index contributed by atoms with van der Waals surface area (Å²) in [4.78, 5) is 11.9. The molecule has 0 aromatic heterocycles. The maximum absolute atomic E-state index is 2.98. The lowest BCUT2D eigenvalue weighted by Gasteiger charge is -2.36. The van der Waals surface area contributed by atoms with Gasteiger partial charge in [-0.1, -0.05) is 199 Å². The molecule has 0 aromatic carbocycles. The van der Waals surface area contributed by atoms with E-state index in [1.807, 2.05) is 0 Å². The standard InChI is InChI=1S/C54H114N4/c1-13-25-31-49(19-7)43-55(39-41-57(45-51(21-9)33-27-15-3)46-52(22-10)34-28-16-4)37-38-56(44-50(20-8)32-26-14-2)40-42-58(47-53(23-11)35-29-17-5)48-54(24-12)36-30-18-6/h49-54H,13-48H2,1-12H3. The first kappa shape index (κ1) is 57.8. The van der Waals surface area contributed by atoms with E-state index in [9.17, 15) is 0 Å². The molecule has 0 heterocycles. The summed E-state index contributed by atoms with van der Waals surface area (Å²) in [5.74, 6) is 5.05. The van der Waals surface area contributed by atoms with Crippen molar-refractivity contribution in [2.75, 3.05) is 78.5 Å². The van der Waals surface area contributed by atoms with E-state index in [1.165, 1.54) is 233 Å². The van der Waals surface area contributed by atoms with Gasteiger partial charge in [0.25, 0.3) is 0 Å². The highest BCUT2D eigenvalue weighted by atomic mass is 15.2. The smallest absolute Gasteiger partial charge is 0.0110 e. The van der Waals surface area contributed by atoms with Crippen LogP contribution in [0.4, 0.5) is 0 Å². The van der Waals surface area contributed by atoms with Crippen LogP contribution in [0.1, 0.15) is 237 Å². The highest BCUT2D eigenvalue weighted by Crippen LogP contribution is 2.22. The van der Waals surface area contributed by atoms with Crippen LogP contribution >= 0.6 is 0 Å². The van der Waals surface area contributed by atoms with Gasteiger partial charge in [0, 0.05) is 78.5 Å². The Morgan fingerprint density at radius 2 is 0.379 bits per heavy atom. The molecule has 6 unspecified atom stereocenters. The first-order chi connectivity index (χ1) is 28.2. The van der Waals surface area contributed by atoms with Gasteiger partial charge in [-0.05, 0) is 74.0 Å². The van der Waals surface area contributed by atoms with Crippen molar-refractivity contribution in [2.45, 2.75) is 237 Å². The normalized spacial score (nSPS) is 15.5. The number of rotatable bonds is 45. The average Bonchev–Trinajstić information content (AvgIpc) is 3.25. The fourth-order valence-corrected chi connectivity index (χ4v) is 9.65. The zero-order chi connectivity index (χ0) is 43.2. The van der Waals surface area contributed by atoms with E-state index in [4.69, 9.17) is 0 Å². The minimum absolute atomic E-state index is 0.828. The van der Waals surface area contributed by atoms with Gasteiger partial charge in [0.15, 0.2) is 0 Å². The van der Waals surface area contributed by atoms with Crippen molar-refractivity contribution >= 4 is 0 Å². The van der Waals surface area contributed by atoms with Crippen LogP contribution in [-0.2, 0) is 0 Å². The van der Waals surface area contributed by atoms with Gasteiger partial charge in [-0.25, -0.2) is 0 Å². The molecule has 0 aliphatic rings. The molecule has 0 aliphatic carbocycles. The Labute approximate surface area is 369 Å². The predicted octanol–water partition coefficient (Wildman–Crippen LogP) is 15.5. The third-order valence-electron chi connectivity index (χ3n) is 14.6. The minimum atomic E-state index is 0.828. The molecule has 0 rings (SSSR count). The third-order valence-corrected chi connectivity index (χ3v) is 14.6. The van der Waals surface area contributed by atoms with Crippen molar-refractivity contribution in [2.24, 2.45) is 35.5 Å². The van der Waals surface area contributed by atoms with Gasteiger partial charge in [0.2, 0.25) is 0 Å². The van der Waals surface area contributed by atoms with E-state index < -0.39 is 0 Å². The maximum Gasteiger partial charge on any atom is 0.0110 e. The van der Waals surface area contributed by atoms with Crippen LogP contribution in [0.15, 0.2) is 0 Å². The summed E-state index contributed by atoms with van der Waals surface area (Å²) in [6, 6.07) is 0. The van der Waals surface area contributed by atoms with Gasteiger partial charge < -0.3 is 19.6 Å². The molecule has 0 aromatic rings. The molecule has 4 heteroatoms. The van der Waals surface area contributed by atoms with Crippen molar-refractivity contribution < 1.29 is 0 Å². The summed E-state index contributed by atoms with van der Waals surface area (Å²) in [5, 5.41) is 0. The largest absolute Gasteiger partial charge is 0.302 e. The van der Waals surface area contributed by atoms with Gasteiger partial charge in [-0.2, -0.15) is 0 Å². The van der Waals surface area contributed by atoms with Crippen LogP contribution in [0.3, 0.4) is 0 Å². The predicted molar refractivity (Wildman–Crippen MR) is 266 cm³/mol. The molecule has 0 saturated carbocycles. The van der Waals surface area contributed by atoms with E-state index in [-0.39, 0.29) is 0 Å². The summed E-state index contributed by atoms with van der Waals surface area (Å²) in [6.07, 6.45) is 32.7. The molecule has 350 valence electrons. The molecule has 0 bridgehead atoms. The van der Waals surface area contributed by atoms with Crippen molar-refractivity contribution in [3.63, 3.8) is 0 Å². The maximum atomic E-state index is 2.98. The number of hydrogen-bond donors (Lipinski definition) is 0. The monoisotopic (exact) mass is 819 g/mol. The van der Waals surface area contributed by atoms with Crippen LogP contribution in [0.25, 0.3) is 0 Å². The second kappa shape index (κ2) is 40.9. The molecule has 0 amide bonds. The fourth-order valence-electron chi connectivity index (χ4n) is 9.65. The van der Waals surface area contributed by atoms with Crippen LogP contribution in [-0.4, -0.2) is 98.1 Å². The van der Waals surface area contributed by atoms with Gasteiger partial charge >= 0.3 is 0 Å². The van der Waals surface area contributed by atoms with E-state index >= 15 is 0 Å². The zero-order valence-electron chi connectivity index (χ0n) is 42.7. The second-order valence-electron chi connectivity index (χ2n) is 19.6. The molecule has 0 radical (unpaired) electrons. The fraction of sp³-hybridized carbons (Fsp3) is 1.00. The quantitative estimate of drug-likeness (QED) is 0.0607. The first-order valence-corrected chi connectivity index (χ1v) is 27.1. The summed E-state index contributed by atoms with van der Waals surface area (Å²) in [5.41, 5.74) is 0. The van der Waals surface area contributed by atoms with Crippen LogP contribution in [0, 0.1) is 35.5 Å². The molecule has 6 atom stereocenters. The highest BCUT2D eigenvalue weighted by Gasteiger charge is 2.23. The molecule has 0 saturated heterocycles. The first-order valence-electron chi connectivity index (χ1n) is 27.1. The summed E-state index contributed by atoms with van der Waals surface area (Å²) < 4.78 is 0. The van der Waals surface area contributed by atoms with Gasteiger partial charge in [-0.3, -0.25) is 0 Å². The molecule has 4 nitrogen and oxygen atoms in total. The Balaban J connectivity index is 6.46. The molecule has 0 aliphatic heterocycles. The summed E-state index contributed by atoms with van der Waals surface area (Å²) in [6.45, 7) is 44.4. The van der Waals surface area contributed by atoms with Crippen LogP contribution in [0.2, 0.25) is 0 Å². The highest BCUT2D eigenvalue weighted by molar-refractivity contribution is 4.77. The van der Waals surface area contributed by atoms with Crippen molar-refractivity contribution in [3.05, 3.63) is 0 Å². The Morgan fingerprint density at radius 1 is 0.224 bits per heavy atom. The number of nitrogens with zero attached hydrogens (tertiary/aromatic N) is 4. The van der Waals surface area contributed by atoms with Gasteiger partial charge in [-0.15, -0.1) is 0 Å².